The van der Waals surface area contributed by atoms with Crippen LogP contribution in [-0.2, 0) is 11.3 Å². The largest absolute Gasteiger partial charge is 0.503 e. The average molecular weight is 378 g/mol. The molecule has 2 aromatic heterocycles. The van der Waals surface area contributed by atoms with Gasteiger partial charge in [-0.25, -0.2) is 4.39 Å². The lowest BCUT2D eigenvalue weighted by atomic mass is 9.98. The van der Waals surface area contributed by atoms with Crippen molar-refractivity contribution >= 4 is 11.7 Å². The van der Waals surface area contributed by atoms with Crippen molar-refractivity contribution in [3.63, 3.8) is 0 Å². The molecular formula is C21H15FN2O4. The Bertz CT molecular complexity index is 1040. The van der Waals surface area contributed by atoms with E-state index in [0.717, 1.165) is 0 Å². The Morgan fingerprint density at radius 1 is 1.14 bits per heavy atom. The molecule has 1 aromatic carbocycles. The molecule has 0 saturated heterocycles. The number of aliphatic hydroxyl groups excluding tert-OH is 1. The highest BCUT2D eigenvalue weighted by atomic mass is 19.1. The van der Waals surface area contributed by atoms with Crippen LogP contribution in [0, 0.1) is 5.82 Å². The number of Topliss-reactive ketones (excluding diaryl/α,β-unsaturated/α-hetero) is 1. The van der Waals surface area contributed by atoms with Crippen LogP contribution in [0.15, 0.2) is 82.8 Å². The first kappa shape index (κ1) is 17.7. The molecule has 3 aromatic rings. The molecule has 1 atom stereocenters. The van der Waals surface area contributed by atoms with Crippen LogP contribution in [0.2, 0.25) is 0 Å². The fourth-order valence-corrected chi connectivity index (χ4v) is 3.22. The third-order valence-corrected chi connectivity index (χ3v) is 4.53. The van der Waals surface area contributed by atoms with Gasteiger partial charge < -0.3 is 14.4 Å². The van der Waals surface area contributed by atoms with Crippen molar-refractivity contribution < 1.29 is 23.5 Å². The number of hydrogen-bond acceptors (Lipinski definition) is 5. The molecule has 1 aliphatic rings. The van der Waals surface area contributed by atoms with Gasteiger partial charge in [0.1, 0.15) is 11.9 Å². The van der Waals surface area contributed by atoms with Crippen LogP contribution in [0.3, 0.4) is 0 Å². The van der Waals surface area contributed by atoms with Crippen LogP contribution in [0.25, 0.3) is 0 Å². The Balaban J connectivity index is 1.77. The average Bonchev–Trinajstić information content (AvgIpc) is 3.33. The van der Waals surface area contributed by atoms with Crippen LogP contribution in [-0.4, -0.2) is 26.7 Å². The molecule has 0 spiro atoms. The molecule has 0 fully saturated rings. The third kappa shape index (κ3) is 3.07. The van der Waals surface area contributed by atoms with Crippen molar-refractivity contribution in [1.29, 1.82) is 0 Å². The van der Waals surface area contributed by atoms with E-state index in [9.17, 15) is 19.1 Å². The lowest BCUT2D eigenvalue weighted by molar-refractivity contribution is -0.130. The quantitative estimate of drug-likeness (QED) is 0.686. The molecule has 1 amide bonds. The first-order chi connectivity index (χ1) is 13.6. The van der Waals surface area contributed by atoms with E-state index in [1.165, 1.54) is 29.4 Å². The molecule has 4 rings (SSSR count). The molecule has 1 unspecified atom stereocenters. The van der Waals surface area contributed by atoms with E-state index in [2.05, 4.69) is 4.98 Å². The smallest absolute Gasteiger partial charge is 0.290 e. The van der Waals surface area contributed by atoms with Gasteiger partial charge in [0.05, 0.1) is 17.5 Å². The van der Waals surface area contributed by atoms with E-state index in [1.54, 1.807) is 42.6 Å². The summed E-state index contributed by atoms with van der Waals surface area (Å²) >= 11 is 0. The predicted molar refractivity (Wildman–Crippen MR) is 96.6 cm³/mol. The van der Waals surface area contributed by atoms with Crippen LogP contribution in [0.1, 0.15) is 27.9 Å². The number of hydrogen-bond donors (Lipinski definition) is 1. The molecule has 28 heavy (non-hydrogen) atoms. The van der Waals surface area contributed by atoms with Crippen molar-refractivity contribution in [2.24, 2.45) is 0 Å². The normalized spacial score (nSPS) is 16.7. The second-order valence-electron chi connectivity index (χ2n) is 6.29. The summed E-state index contributed by atoms with van der Waals surface area (Å²) in [7, 11) is 0. The number of furan rings is 1. The zero-order valence-corrected chi connectivity index (χ0v) is 14.6. The summed E-state index contributed by atoms with van der Waals surface area (Å²) in [6.45, 7) is 0.0688. The van der Waals surface area contributed by atoms with Gasteiger partial charge in [-0.05, 0) is 42.0 Å². The van der Waals surface area contributed by atoms with Gasteiger partial charge in [-0.3, -0.25) is 14.6 Å². The number of ketones is 1. The fourth-order valence-electron chi connectivity index (χ4n) is 3.22. The number of carbonyl (C=O) groups is 2. The molecule has 1 aliphatic heterocycles. The molecular weight excluding hydrogens is 363 g/mol. The SMILES string of the molecule is O=C(C1=C(O)C(=O)N(Cc2ccc(F)cc2)C1c1ccccn1)c1ccco1. The van der Waals surface area contributed by atoms with Gasteiger partial charge in [0.15, 0.2) is 11.5 Å². The maximum atomic E-state index is 13.2. The Morgan fingerprint density at radius 2 is 1.93 bits per heavy atom. The predicted octanol–water partition coefficient (Wildman–Crippen LogP) is 3.59. The van der Waals surface area contributed by atoms with E-state index in [-0.39, 0.29) is 17.9 Å². The second kappa shape index (κ2) is 7.11. The van der Waals surface area contributed by atoms with Gasteiger partial charge in [0.2, 0.25) is 5.78 Å². The summed E-state index contributed by atoms with van der Waals surface area (Å²) in [6, 6.07) is 12.9. The number of amides is 1. The van der Waals surface area contributed by atoms with Crippen molar-refractivity contribution in [2.75, 3.05) is 0 Å². The molecule has 6 nitrogen and oxygen atoms in total. The maximum Gasteiger partial charge on any atom is 0.290 e. The molecule has 0 radical (unpaired) electrons. The second-order valence-corrected chi connectivity index (χ2v) is 6.29. The Kier molecular flexibility index (Phi) is 4.49. The third-order valence-electron chi connectivity index (χ3n) is 4.53. The van der Waals surface area contributed by atoms with Crippen LogP contribution in [0.4, 0.5) is 4.39 Å². The Hall–Kier alpha value is -3.74. The standard InChI is InChI=1S/C21H15FN2O4/c22-14-8-6-13(7-9-14)12-24-18(15-4-1-2-10-23-15)17(20(26)21(24)27)19(25)16-5-3-11-28-16/h1-11,18,26H,12H2. The van der Waals surface area contributed by atoms with Crippen molar-refractivity contribution in [3.05, 3.63) is 101 Å². The van der Waals surface area contributed by atoms with Crippen LogP contribution >= 0.6 is 0 Å². The summed E-state index contributed by atoms with van der Waals surface area (Å²) in [5, 5.41) is 10.5. The lowest BCUT2D eigenvalue weighted by Gasteiger charge is -2.26. The summed E-state index contributed by atoms with van der Waals surface area (Å²) in [6.07, 6.45) is 2.88. The van der Waals surface area contributed by atoms with E-state index in [4.69, 9.17) is 4.42 Å². The number of carbonyl (C=O) groups excluding carboxylic acids is 2. The van der Waals surface area contributed by atoms with Gasteiger partial charge in [-0.2, -0.15) is 0 Å². The number of halogens is 1. The molecule has 3 heterocycles. The number of aliphatic hydroxyl groups is 1. The van der Waals surface area contributed by atoms with Gasteiger partial charge in [0, 0.05) is 12.7 Å². The summed E-state index contributed by atoms with van der Waals surface area (Å²) in [4.78, 5) is 31.3. The Morgan fingerprint density at radius 3 is 2.57 bits per heavy atom. The lowest BCUT2D eigenvalue weighted by Crippen LogP contribution is -2.31. The topological polar surface area (TPSA) is 83.6 Å². The number of rotatable bonds is 5. The maximum absolute atomic E-state index is 13.2. The van der Waals surface area contributed by atoms with Crippen LogP contribution in [0.5, 0.6) is 0 Å². The number of pyridine rings is 1. The first-order valence-corrected chi connectivity index (χ1v) is 8.54. The van der Waals surface area contributed by atoms with Crippen molar-refractivity contribution in [2.45, 2.75) is 12.6 Å². The van der Waals surface area contributed by atoms with E-state index < -0.39 is 29.3 Å². The highest BCUT2D eigenvalue weighted by Crippen LogP contribution is 2.39. The van der Waals surface area contributed by atoms with E-state index in [0.29, 0.717) is 11.3 Å². The van der Waals surface area contributed by atoms with Crippen molar-refractivity contribution in [3.8, 4) is 0 Å². The summed E-state index contributed by atoms with van der Waals surface area (Å²) < 4.78 is 18.4. The minimum atomic E-state index is -0.892. The minimum Gasteiger partial charge on any atom is -0.503 e. The fraction of sp³-hybridized carbons (Fsp3) is 0.0952. The number of benzene rings is 1. The van der Waals surface area contributed by atoms with Gasteiger partial charge in [-0.15, -0.1) is 0 Å². The summed E-state index contributed by atoms with van der Waals surface area (Å²) in [5.41, 5.74) is 0.979. The monoisotopic (exact) mass is 378 g/mol. The highest BCUT2D eigenvalue weighted by Gasteiger charge is 2.45. The molecule has 140 valence electrons. The highest BCUT2D eigenvalue weighted by molar-refractivity contribution is 6.14. The van der Waals surface area contributed by atoms with Gasteiger partial charge in [-0.1, -0.05) is 18.2 Å². The zero-order valence-electron chi connectivity index (χ0n) is 14.6. The first-order valence-electron chi connectivity index (χ1n) is 8.54. The molecule has 0 saturated carbocycles. The molecule has 1 N–H and O–H groups in total. The Labute approximate surface area is 159 Å². The van der Waals surface area contributed by atoms with Gasteiger partial charge in [0.25, 0.3) is 5.91 Å². The molecule has 0 bridgehead atoms. The number of nitrogens with zero attached hydrogens (tertiary/aromatic N) is 2. The number of aromatic nitrogens is 1. The van der Waals surface area contributed by atoms with E-state index in [1.807, 2.05) is 0 Å². The van der Waals surface area contributed by atoms with Crippen LogP contribution < -0.4 is 0 Å². The van der Waals surface area contributed by atoms with Crippen molar-refractivity contribution in [1.82, 2.24) is 9.88 Å². The zero-order chi connectivity index (χ0) is 19.7. The molecule has 0 aliphatic carbocycles. The molecule has 7 heteroatoms. The minimum absolute atomic E-state index is 0.0129. The van der Waals surface area contributed by atoms with E-state index >= 15 is 0 Å². The van der Waals surface area contributed by atoms with Gasteiger partial charge >= 0.3 is 0 Å². The summed E-state index contributed by atoms with van der Waals surface area (Å²) in [5.74, 6) is -2.31.